The Morgan fingerprint density at radius 3 is 2.67 bits per heavy atom. The third-order valence-corrected chi connectivity index (χ3v) is 3.05. The predicted octanol–water partition coefficient (Wildman–Crippen LogP) is 0.0985. The standard InChI is InChI=1S/C10H15NO4/c12-9(8-2-1-5-15-8)11-4-3-7(6-11)10(13)14/h7-8H,1-6H2,(H,13,14)/t7-,8-/m0/s1. The zero-order chi connectivity index (χ0) is 10.8. The fourth-order valence-electron chi connectivity index (χ4n) is 2.14. The number of carbonyl (C=O) groups is 2. The molecule has 84 valence electrons. The smallest absolute Gasteiger partial charge is 0.308 e. The van der Waals surface area contributed by atoms with Crippen LogP contribution >= 0.6 is 0 Å². The third kappa shape index (κ3) is 2.12. The summed E-state index contributed by atoms with van der Waals surface area (Å²) in [6.45, 7) is 1.54. The Labute approximate surface area is 88.0 Å². The van der Waals surface area contributed by atoms with Gasteiger partial charge in [0.25, 0.3) is 5.91 Å². The van der Waals surface area contributed by atoms with E-state index in [1.807, 2.05) is 0 Å². The van der Waals surface area contributed by atoms with Gasteiger partial charge in [-0.3, -0.25) is 9.59 Å². The number of hydrogen-bond acceptors (Lipinski definition) is 3. The summed E-state index contributed by atoms with van der Waals surface area (Å²) in [6, 6.07) is 0. The van der Waals surface area contributed by atoms with Gasteiger partial charge in [0.1, 0.15) is 6.10 Å². The lowest BCUT2D eigenvalue weighted by atomic mass is 10.1. The summed E-state index contributed by atoms with van der Waals surface area (Å²) in [6.07, 6.45) is 1.94. The van der Waals surface area contributed by atoms with Crippen LogP contribution in [0.25, 0.3) is 0 Å². The van der Waals surface area contributed by atoms with Gasteiger partial charge in [0, 0.05) is 19.7 Å². The summed E-state index contributed by atoms with van der Waals surface area (Å²) in [5, 5.41) is 8.81. The first-order valence-corrected chi connectivity index (χ1v) is 5.31. The minimum Gasteiger partial charge on any atom is -0.481 e. The second kappa shape index (κ2) is 4.18. The zero-order valence-corrected chi connectivity index (χ0v) is 8.52. The molecule has 2 rings (SSSR count). The van der Waals surface area contributed by atoms with E-state index in [1.54, 1.807) is 4.90 Å². The number of rotatable bonds is 2. The van der Waals surface area contributed by atoms with Gasteiger partial charge in [0.2, 0.25) is 0 Å². The highest BCUT2D eigenvalue weighted by molar-refractivity contribution is 5.82. The van der Waals surface area contributed by atoms with Crippen LogP contribution in [0.1, 0.15) is 19.3 Å². The van der Waals surface area contributed by atoms with Gasteiger partial charge in [-0.25, -0.2) is 0 Å². The molecule has 0 aliphatic carbocycles. The van der Waals surface area contributed by atoms with Crippen molar-refractivity contribution in [1.82, 2.24) is 4.90 Å². The molecule has 5 heteroatoms. The number of aliphatic carboxylic acids is 1. The highest BCUT2D eigenvalue weighted by atomic mass is 16.5. The molecule has 2 aliphatic heterocycles. The first-order chi connectivity index (χ1) is 7.18. The van der Waals surface area contributed by atoms with Crippen LogP contribution in [-0.4, -0.2) is 47.7 Å². The minimum absolute atomic E-state index is 0.0312. The summed E-state index contributed by atoms with van der Waals surface area (Å²) in [5.41, 5.74) is 0. The second-order valence-corrected chi connectivity index (χ2v) is 4.11. The van der Waals surface area contributed by atoms with Gasteiger partial charge in [-0.15, -0.1) is 0 Å². The number of ether oxygens (including phenoxy) is 1. The maximum atomic E-state index is 11.8. The van der Waals surface area contributed by atoms with E-state index in [9.17, 15) is 9.59 Å². The van der Waals surface area contributed by atoms with Crippen LogP contribution in [-0.2, 0) is 14.3 Å². The molecule has 2 aliphatic rings. The van der Waals surface area contributed by atoms with Crippen molar-refractivity contribution >= 4 is 11.9 Å². The first kappa shape index (κ1) is 10.4. The van der Waals surface area contributed by atoms with Crippen molar-refractivity contribution in [2.75, 3.05) is 19.7 Å². The molecule has 0 bridgehead atoms. The highest BCUT2D eigenvalue weighted by Gasteiger charge is 2.35. The molecule has 0 radical (unpaired) electrons. The molecule has 2 fully saturated rings. The Morgan fingerprint density at radius 1 is 1.33 bits per heavy atom. The van der Waals surface area contributed by atoms with Crippen LogP contribution in [0.2, 0.25) is 0 Å². The van der Waals surface area contributed by atoms with Crippen molar-refractivity contribution in [1.29, 1.82) is 0 Å². The van der Waals surface area contributed by atoms with Gasteiger partial charge >= 0.3 is 5.97 Å². The van der Waals surface area contributed by atoms with E-state index in [0.29, 0.717) is 26.1 Å². The van der Waals surface area contributed by atoms with Crippen molar-refractivity contribution in [3.8, 4) is 0 Å². The van der Waals surface area contributed by atoms with E-state index in [-0.39, 0.29) is 12.0 Å². The van der Waals surface area contributed by atoms with Crippen LogP contribution in [0.3, 0.4) is 0 Å². The second-order valence-electron chi connectivity index (χ2n) is 4.11. The molecule has 0 spiro atoms. The minimum atomic E-state index is -0.808. The van der Waals surface area contributed by atoms with Crippen molar-refractivity contribution in [2.24, 2.45) is 5.92 Å². The van der Waals surface area contributed by atoms with E-state index in [0.717, 1.165) is 12.8 Å². The Hall–Kier alpha value is -1.10. The molecule has 5 nitrogen and oxygen atoms in total. The van der Waals surface area contributed by atoms with Gasteiger partial charge in [0.05, 0.1) is 5.92 Å². The van der Waals surface area contributed by atoms with Crippen molar-refractivity contribution in [3.63, 3.8) is 0 Å². The monoisotopic (exact) mass is 213 g/mol. The summed E-state index contributed by atoms with van der Waals surface area (Å²) in [4.78, 5) is 24.2. The fraction of sp³-hybridized carbons (Fsp3) is 0.800. The predicted molar refractivity (Wildman–Crippen MR) is 51.3 cm³/mol. The maximum absolute atomic E-state index is 11.8. The number of likely N-dealkylation sites (tertiary alicyclic amines) is 1. The molecule has 1 amide bonds. The van der Waals surface area contributed by atoms with Crippen LogP contribution in [0, 0.1) is 5.92 Å². The Bertz CT molecular complexity index is 273. The molecule has 0 saturated carbocycles. The van der Waals surface area contributed by atoms with E-state index in [2.05, 4.69) is 0 Å². The number of carbonyl (C=O) groups excluding carboxylic acids is 1. The lowest BCUT2D eigenvalue weighted by Crippen LogP contribution is -2.37. The first-order valence-electron chi connectivity index (χ1n) is 5.31. The van der Waals surface area contributed by atoms with Gasteiger partial charge in [0.15, 0.2) is 0 Å². The normalized spacial score (nSPS) is 30.8. The molecule has 2 heterocycles. The lowest BCUT2D eigenvalue weighted by Gasteiger charge is -2.19. The number of nitrogens with zero attached hydrogens (tertiary/aromatic N) is 1. The molecule has 15 heavy (non-hydrogen) atoms. The Kier molecular flexibility index (Phi) is 2.90. The van der Waals surface area contributed by atoms with Crippen LogP contribution in [0.15, 0.2) is 0 Å². The Morgan fingerprint density at radius 2 is 2.13 bits per heavy atom. The van der Waals surface area contributed by atoms with Crippen LogP contribution in [0.4, 0.5) is 0 Å². The van der Waals surface area contributed by atoms with Crippen LogP contribution in [0.5, 0.6) is 0 Å². The van der Waals surface area contributed by atoms with Crippen molar-refractivity contribution in [3.05, 3.63) is 0 Å². The van der Waals surface area contributed by atoms with Crippen molar-refractivity contribution in [2.45, 2.75) is 25.4 Å². The molecule has 2 saturated heterocycles. The molecule has 0 aromatic carbocycles. The molecule has 0 aromatic rings. The largest absolute Gasteiger partial charge is 0.481 e. The van der Waals surface area contributed by atoms with Gasteiger partial charge < -0.3 is 14.7 Å². The molecule has 1 N–H and O–H groups in total. The van der Waals surface area contributed by atoms with E-state index < -0.39 is 11.9 Å². The van der Waals surface area contributed by atoms with E-state index >= 15 is 0 Å². The molecular weight excluding hydrogens is 198 g/mol. The zero-order valence-electron chi connectivity index (χ0n) is 8.52. The number of carboxylic acid groups (broad SMARTS) is 1. The number of amides is 1. The number of hydrogen-bond donors (Lipinski definition) is 1. The SMILES string of the molecule is O=C(O)[C@H]1CCN(C(=O)[C@@H]2CCCO2)C1. The fourth-order valence-corrected chi connectivity index (χ4v) is 2.14. The molecule has 2 atom stereocenters. The van der Waals surface area contributed by atoms with E-state index in [1.165, 1.54) is 0 Å². The van der Waals surface area contributed by atoms with Gasteiger partial charge in [-0.1, -0.05) is 0 Å². The topological polar surface area (TPSA) is 66.8 Å². The van der Waals surface area contributed by atoms with Gasteiger partial charge in [-0.2, -0.15) is 0 Å². The average Bonchev–Trinajstić information content (AvgIpc) is 2.88. The highest BCUT2D eigenvalue weighted by Crippen LogP contribution is 2.21. The van der Waals surface area contributed by atoms with E-state index in [4.69, 9.17) is 9.84 Å². The Balaban J connectivity index is 1.89. The lowest BCUT2D eigenvalue weighted by molar-refractivity contribution is -0.142. The summed E-state index contributed by atoms with van der Waals surface area (Å²) >= 11 is 0. The van der Waals surface area contributed by atoms with Crippen molar-refractivity contribution < 1.29 is 19.4 Å². The summed E-state index contributed by atoms with van der Waals surface area (Å²) < 4.78 is 5.28. The number of carboxylic acids is 1. The maximum Gasteiger partial charge on any atom is 0.308 e. The summed E-state index contributed by atoms with van der Waals surface area (Å²) in [5.74, 6) is -1.23. The van der Waals surface area contributed by atoms with Crippen LogP contribution < -0.4 is 0 Å². The quantitative estimate of drug-likeness (QED) is 0.706. The molecular formula is C10H15NO4. The molecule has 0 aromatic heterocycles. The third-order valence-electron chi connectivity index (χ3n) is 3.05. The average molecular weight is 213 g/mol. The summed E-state index contributed by atoms with van der Waals surface area (Å²) in [7, 11) is 0. The molecule has 0 unspecified atom stereocenters. The van der Waals surface area contributed by atoms with Gasteiger partial charge in [-0.05, 0) is 19.3 Å².